The van der Waals surface area contributed by atoms with Crippen LogP contribution in [0.3, 0.4) is 0 Å². The average molecular weight is 237 g/mol. The molecule has 0 heterocycles. The van der Waals surface area contributed by atoms with Crippen molar-refractivity contribution in [3.05, 3.63) is 0 Å². The molecule has 4 saturated carbocycles. The minimum atomic E-state index is -0.679. The molecule has 0 saturated heterocycles. The summed E-state index contributed by atoms with van der Waals surface area (Å²) in [7, 11) is 0. The molecular weight excluding hydrogens is 214 g/mol. The summed E-state index contributed by atoms with van der Waals surface area (Å²) in [4.78, 5) is 11.1. The Morgan fingerprint density at radius 3 is 2.12 bits per heavy atom. The zero-order chi connectivity index (χ0) is 12.0. The fourth-order valence-corrected chi connectivity index (χ4v) is 4.79. The van der Waals surface area contributed by atoms with Crippen LogP contribution in [0, 0.1) is 23.7 Å². The zero-order valence-corrected chi connectivity index (χ0v) is 10.6. The van der Waals surface area contributed by atoms with E-state index in [1.807, 2.05) is 6.92 Å². The van der Waals surface area contributed by atoms with Crippen molar-refractivity contribution in [3.63, 3.8) is 0 Å². The third-order valence-corrected chi connectivity index (χ3v) is 5.33. The van der Waals surface area contributed by atoms with Crippen LogP contribution in [0.1, 0.15) is 45.4 Å². The summed E-state index contributed by atoms with van der Waals surface area (Å²) in [6.45, 7) is 1.96. The van der Waals surface area contributed by atoms with Crippen LogP contribution in [0.25, 0.3) is 0 Å². The number of nitrogens with one attached hydrogen (secondary N) is 1. The first-order chi connectivity index (χ1) is 8.17. The summed E-state index contributed by atoms with van der Waals surface area (Å²) in [5, 5.41) is 12.6. The lowest BCUT2D eigenvalue weighted by Gasteiger charge is -2.55. The SMILES string of the molecule is CCC(NC1C2CC3CC(C2)CC1C3)C(=O)O. The van der Waals surface area contributed by atoms with E-state index in [-0.39, 0.29) is 6.04 Å². The van der Waals surface area contributed by atoms with Crippen molar-refractivity contribution in [1.29, 1.82) is 0 Å². The minimum absolute atomic E-state index is 0.336. The van der Waals surface area contributed by atoms with Gasteiger partial charge in [-0.3, -0.25) is 4.79 Å². The number of aliphatic carboxylic acids is 1. The first kappa shape index (κ1) is 11.5. The lowest BCUT2D eigenvalue weighted by atomic mass is 9.54. The molecule has 17 heavy (non-hydrogen) atoms. The molecule has 4 fully saturated rings. The highest BCUT2D eigenvalue weighted by Gasteiger charge is 2.48. The number of hydrogen-bond donors (Lipinski definition) is 2. The summed E-state index contributed by atoms with van der Waals surface area (Å²) >= 11 is 0. The monoisotopic (exact) mass is 237 g/mol. The molecule has 3 heteroatoms. The van der Waals surface area contributed by atoms with Gasteiger partial charge in [-0.2, -0.15) is 0 Å². The first-order valence-corrected chi connectivity index (χ1v) is 7.16. The maximum absolute atomic E-state index is 11.1. The fraction of sp³-hybridized carbons (Fsp3) is 0.929. The van der Waals surface area contributed by atoms with Gasteiger partial charge in [-0.15, -0.1) is 0 Å². The van der Waals surface area contributed by atoms with Crippen LogP contribution >= 0.6 is 0 Å². The number of carboxylic acids is 1. The zero-order valence-electron chi connectivity index (χ0n) is 10.6. The summed E-state index contributed by atoms with van der Waals surface area (Å²) in [5.74, 6) is 2.77. The van der Waals surface area contributed by atoms with Gasteiger partial charge in [0.05, 0.1) is 0 Å². The molecule has 0 spiro atoms. The molecule has 4 aliphatic rings. The van der Waals surface area contributed by atoms with E-state index in [4.69, 9.17) is 5.11 Å². The predicted molar refractivity (Wildman–Crippen MR) is 65.7 cm³/mol. The highest BCUT2D eigenvalue weighted by Crippen LogP contribution is 2.53. The number of rotatable bonds is 4. The lowest BCUT2D eigenvalue weighted by Crippen LogP contribution is -2.57. The number of carboxylic acid groups (broad SMARTS) is 1. The van der Waals surface area contributed by atoms with Crippen molar-refractivity contribution >= 4 is 5.97 Å². The van der Waals surface area contributed by atoms with Gasteiger partial charge in [0.2, 0.25) is 0 Å². The smallest absolute Gasteiger partial charge is 0.320 e. The Labute approximate surface area is 103 Å². The van der Waals surface area contributed by atoms with Gasteiger partial charge in [0.1, 0.15) is 6.04 Å². The summed E-state index contributed by atoms with van der Waals surface area (Å²) in [6, 6.07) is 0.154. The lowest BCUT2D eigenvalue weighted by molar-refractivity contribution is -0.140. The van der Waals surface area contributed by atoms with Crippen molar-refractivity contribution in [2.45, 2.75) is 57.5 Å². The Kier molecular flexibility index (Phi) is 2.89. The normalized spacial score (nSPS) is 44.9. The maximum Gasteiger partial charge on any atom is 0.320 e. The molecule has 96 valence electrons. The second-order valence-electron chi connectivity index (χ2n) is 6.42. The molecular formula is C14H23NO2. The summed E-state index contributed by atoms with van der Waals surface area (Å²) in [6.07, 6.45) is 7.54. The van der Waals surface area contributed by atoms with E-state index in [1.54, 1.807) is 0 Å². The summed E-state index contributed by atoms with van der Waals surface area (Å²) in [5.41, 5.74) is 0. The molecule has 2 N–H and O–H groups in total. The van der Waals surface area contributed by atoms with Crippen LogP contribution in [0.15, 0.2) is 0 Å². The quantitative estimate of drug-likeness (QED) is 0.788. The van der Waals surface area contributed by atoms with Crippen molar-refractivity contribution in [3.8, 4) is 0 Å². The van der Waals surface area contributed by atoms with Crippen LogP contribution in [0.5, 0.6) is 0 Å². The molecule has 3 nitrogen and oxygen atoms in total. The highest BCUT2D eigenvalue weighted by molar-refractivity contribution is 5.73. The molecule has 1 atom stereocenters. The standard InChI is InChI=1S/C14H23NO2/c1-2-12(14(16)17)15-13-10-4-8-3-9(6-10)7-11(13)5-8/h8-13,15H,2-7H2,1H3,(H,16,17). The van der Waals surface area contributed by atoms with E-state index in [0.29, 0.717) is 12.5 Å². The van der Waals surface area contributed by atoms with Crippen LogP contribution in [-0.4, -0.2) is 23.2 Å². The molecule has 4 bridgehead atoms. The maximum atomic E-state index is 11.1. The van der Waals surface area contributed by atoms with Gasteiger partial charge in [0, 0.05) is 6.04 Å². The Bertz CT molecular complexity index is 287. The van der Waals surface area contributed by atoms with E-state index in [0.717, 1.165) is 23.7 Å². The first-order valence-electron chi connectivity index (χ1n) is 7.16. The van der Waals surface area contributed by atoms with E-state index < -0.39 is 5.97 Å². The van der Waals surface area contributed by atoms with Crippen LogP contribution < -0.4 is 5.32 Å². The Hall–Kier alpha value is -0.570. The Morgan fingerprint density at radius 1 is 1.18 bits per heavy atom. The molecule has 4 aliphatic carbocycles. The molecule has 0 aromatic carbocycles. The van der Waals surface area contributed by atoms with Gasteiger partial charge < -0.3 is 10.4 Å². The molecule has 0 aromatic heterocycles. The van der Waals surface area contributed by atoms with Gasteiger partial charge in [-0.1, -0.05) is 6.92 Å². The fourth-order valence-electron chi connectivity index (χ4n) is 4.79. The second-order valence-corrected chi connectivity index (χ2v) is 6.42. The van der Waals surface area contributed by atoms with Crippen molar-refractivity contribution < 1.29 is 9.90 Å². The van der Waals surface area contributed by atoms with Gasteiger partial charge >= 0.3 is 5.97 Å². The Morgan fingerprint density at radius 2 is 1.71 bits per heavy atom. The third-order valence-electron chi connectivity index (χ3n) is 5.33. The van der Waals surface area contributed by atoms with Gasteiger partial charge in [0.15, 0.2) is 0 Å². The van der Waals surface area contributed by atoms with E-state index in [2.05, 4.69) is 5.32 Å². The minimum Gasteiger partial charge on any atom is -0.480 e. The average Bonchev–Trinajstić information content (AvgIpc) is 2.27. The molecule has 0 aliphatic heterocycles. The largest absolute Gasteiger partial charge is 0.480 e. The molecule has 0 amide bonds. The summed E-state index contributed by atoms with van der Waals surface area (Å²) < 4.78 is 0. The van der Waals surface area contributed by atoms with Crippen LogP contribution in [0.4, 0.5) is 0 Å². The predicted octanol–water partition coefficient (Wildman–Crippen LogP) is 2.26. The van der Waals surface area contributed by atoms with Crippen LogP contribution in [-0.2, 0) is 4.79 Å². The Balaban J connectivity index is 1.69. The number of hydrogen-bond acceptors (Lipinski definition) is 2. The van der Waals surface area contributed by atoms with E-state index in [9.17, 15) is 4.79 Å². The third kappa shape index (κ3) is 1.99. The van der Waals surface area contributed by atoms with Gasteiger partial charge in [-0.05, 0) is 62.2 Å². The van der Waals surface area contributed by atoms with Crippen LogP contribution in [0.2, 0.25) is 0 Å². The number of carbonyl (C=O) groups is 1. The molecule has 1 unspecified atom stereocenters. The van der Waals surface area contributed by atoms with Gasteiger partial charge in [-0.25, -0.2) is 0 Å². The van der Waals surface area contributed by atoms with Crippen molar-refractivity contribution in [2.24, 2.45) is 23.7 Å². The van der Waals surface area contributed by atoms with Crippen molar-refractivity contribution in [2.75, 3.05) is 0 Å². The molecule has 0 aromatic rings. The topological polar surface area (TPSA) is 49.3 Å². The van der Waals surface area contributed by atoms with E-state index in [1.165, 1.54) is 32.1 Å². The molecule has 4 rings (SSSR count). The van der Waals surface area contributed by atoms with E-state index >= 15 is 0 Å². The van der Waals surface area contributed by atoms with Gasteiger partial charge in [0.25, 0.3) is 0 Å². The second kappa shape index (κ2) is 4.27. The molecule has 0 radical (unpaired) electrons. The highest BCUT2D eigenvalue weighted by atomic mass is 16.4. The van der Waals surface area contributed by atoms with Crippen molar-refractivity contribution in [1.82, 2.24) is 5.32 Å².